The van der Waals surface area contributed by atoms with E-state index in [1.807, 2.05) is 0 Å². The van der Waals surface area contributed by atoms with Crippen LogP contribution >= 0.6 is 0 Å². The van der Waals surface area contributed by atoms with E-state index in [-0.39, 0.29) is 38.5 Å². The number of amides is 2. The SMILES string of the molecule is CN(CCO)C(=O)C(Cc1ccc(C(=O)C2(O)CCCCC2)cc1)C(=O)N(C)CCO. The Morgan fingerprint density at radius 3 is 1.84 bits per heavy atom. The van der Waals surface area contributed by atoms with Crippen LogP contribution in [0.15, 0.2) is 24.3 Å². The van der Waals surface area contributed by atoms with Crippen molar-refractivity contribution in [1.82, 2.24) is 9.80 Å². The fraction of sp³-hybridized carbons (Fsp3) is 0.609. The van der Waals surface area contributed by atoms with Crippen LogP contribution in [0, 0.1) is 5.92 Å². The van der Waals surface area contributed by atoms with Gasteiger partial charge in [0, 0.05) is 32.7 Å². The summed E-state index contributed by atoms with van der Waals surface area (Å²) in [6, 6.07) is 6.66. The Hall–Kier alpha value is -2.29. The summed E-state index contributed by atoms with van der Waals surface area (Å²) in [5.41, 5.74) is -0.195. The van der Waals surface area contributed by atoms with Gasteiger partial charge in [0.25, 0.3) is 0 Å². The zero-order valence-electron chi connectivity index (χ0n) is 18.4. The van der Waals surface area contributed by atoms with E-state index >= 15 is 0 Å². The number of rotatable bonds is 10. The summed E-state index contributed by atoms with van der Waals surface area (Å²) in [6.07, 6.45) is 3.74. The van der Waals surface area contributed by atoms with Crippen molar-refractivity contribution in [2.24, 2.45) is 5.92 Å². The average Bonchev–Trinajstić information content (AvgIpc) is 2.77. The van der Waals surface area contributed by atoms with Gasteiger partial charge in [-0.3, -0.25) is 14.4 Å². The first kappa shape index (κ1) is 25.0. The van der Waals surface area contributed by atoms with Crippen LogP contribution in [0.1, 0.15) is 48.0 Å². The van der Waals surface area contributed by atoms with Crippen LogP contribution in [0.5, 0.6) is 0 Å². The first-order valence-corrected chi connectivity index (χ1v) is 10.8. The number of carbonyl (C=O) groups is 3. The van der Waals surface area contributed by atoms with E-state index in [4.69, 9.17) is 10.2 Å². The lowest BCUT2D eigenvalue weighted by Crippen LogP contribution is -2.45. The first-order chi connectivity index (χ1) is 14.7. The van der Waals surface area contributed by atoms with Crippen LogP contribution in [0.2, 0.25) is 0 Å². The van der Waals surface area contributed by atoms with E-state index < -0.39 is 23.3 Å². The Kier molecular flexibility index (Phi) is 9.15. The van der Waals surface area contributed by atoms with E-state index in [1.165, 1.54) is 23.9 Å². The molecule has 8 nitrogen and oxygen atoms in total. The molecule has 1 fully saturated rings. The summed E-state index contributed by atoms with van der Waals surface area (Å²) >= 11 is 0. The third-order valence-electron chi connectivity index (χ3n) is 5.98. The fourth-order valence-corrected chi connectivity index (χ4v) is 3.99. The van der Waals surface area contributed by atoms with E-state index in [0.29, 0.717) is 24.0 Å². The Labute approximate surface area is 183 Å². The topological polar surface area (TPSA) is 118 Å². The van der Waals surface area contributed by atoms with Gasteiger partial charge in [-0.15, -0.1) is 0 Å². The molecule has 2 rings (SSSR count). The largest absolute Gasteiger partial charge is 0.395 e. The van der Waals surface area contributed by atoms with Crippen molar-refractivity contribution in [3.63, 3.8) is 0 Å². The Morgan fingerprint density at radius 1 is 0.903 bits per heavy atom. The average molecular weight is 435 g/mol. The summed E-state index contributed by atoms with van der Waals surface area (Å²) < 4.78 is 0. The molecule has 172 valence electrons. The lowest BCUT2D eigenvalue weighted by Gasteiger charge is -2.30. The number of carbonyl (C=O) groups excluding carboxylic acids is 3. The maximum atomic E-state index is 12.8. The highest BCUT2D eigenvalue weighted by molar-refractivity contribution is 6.02. The minimum Gasteiger partial charge on any atom is -0.395 e. The predicted molar refractivity (Wildman–Crippen MR) is 115 cm³/mol. The molecule has 0 aliphatic heterocycles. The molecular formula is C23H34N2O6. The van der Waals surface area contributed by atoms with Gasteiger partial charge >= 0.3 is 0 Å². The highest BCUT2D eigenvalue weighted by atomic mass is 16.3. The molecule has 1 aromatic rings. The van der Waals surface area contributed by atoms with Gasteiger partial charge in [-0.2, -0.15) is 0 Å². The lowest BCUT2D eigenvalue weighted by atomic mass is 9.79. The number of aliphatic hydroxyl groups excluding tert-OH is 2. The van der Waals surface area contributed by atoms with Gasteiger partial charge in [-0.1, -0.05) is 43.5 Å². The van der Waals surface area contributed by atoms with Gasteiger partial charge in [-0.05, 0) is 24.8 Å². The van der Waals surface area contributed by atoms with Gasteiger partial charge < -0.3 is 25.1 Å². The highest BCUT2D eigenvalue weighted by Gasteiger charge is 2.37. The van der Waals surface area contributed by atoms with Crippen molar-refractivity contribution in [2.75, 3.05) is 40.4 Å². The second-order valence-corrected chi connectivity index (χ2v) is 8.34. The van der Waals surface area contributed by atoms with Crippen molar-refractivity contribution in [3.8, 4) is 0 Å². The van der Waals surface area contributed by atoms with Crippen LogP contribution in [-0.4, -0.2) is 88.7 Å². The summed E-state index contributed by atoms with van der Waals surface area (Å²) in [5.74, 6) is -2.12. The molecule has 0 saturated heterocycles. The van der Waals surface area contributed by atoms with E-state index in [0.717, 1.165) is 19.3 Å². The van der Waals surface area contributed by atoms with Gasteiger partial charge in [0.15, 0.2) is 5.78 Å². The molecule has 1 aliphatic rings. The molecule has 0 radical (unpaired) electrons. The summed E-state index contributed by atoms with van der Waals surface area (Å²) in [7, 11) is 3.05. The standard InChI is InChI=1S/C23H34N2O6/c1-24(12-14-26)21(29)19(22(30)25(2)13-15-27)16-17-6-8-18(9-7-17)20(28)23(31)10-4-3-5-11-23/h6-9,19,26-27,31H,3-5,10-16H2,1-2H3. The van der Waals surface area contributed by atoms with Crippen molar-refractivity contribution in [2.45, 2.75) is 44.1 Å². The van der Waals surface area contributed by atoms with Crippen LogP contribution in [0.25, 0.3) is 0 Å². The smallest absolute Gasteiger partial charge is 0.235 e. The first-order valence-electron chi connectivity index (χ1n) is 10.8. The number of ketones is 1. The number of benzene rings is 1. The van der Waals surface area contributed by atoms with Crippen molar-refractivity contribution < 1.29 is 29.7 Å². The minimum absolute atomic E-state index is 0.109. The maximum absolute atomic E-state index is 12.8. The molecule has 1 saturated carbocycles. The van der Waals surface area contributed by atoms with Crippen molar-refractivity contribution >= 4 is 17.6 Å². The monoisotopic (exact) mass is 434 g/mol. The quantitative estimate of drug-likeness (QED) is 0.367. The molecule has 8 heteroatoms. The molecule has 0 heterocycles. The third kappa shape index (κ3) is 6.35. The highest BCUT2D eigenvalue weighted by Crippen LogP contribution is 2.31. The number of likely N-dealkylation sites (N-methyl/N-ethyl adjacent to an activating group) is 2. The molecule has 3 N–H and O–H groups in total. The molecule has 1 aromatic carbocycles. The van der Waals surface area contributed by atoms with Crippen molar-refractivity contribution in [1.29, 1.82) is 0 Å². The zero-order valence-corrected chi connectivity index (χ0v) is 18.4. The number of aliphatic hydroxyl groups is 3. The Morgan fingerprint density at radius 2 is 1.39 bits per heavy atom. The van der Waals surface area contributed by atoms with Gasteiger partial charge in [0.1, 0.15) is 11.5 Å². The molecule has 1 aliphatic carbocycles. The van der Waals surface area contributed by atoms with E-state index in [1.54, 1.807) is 24.3 Å². The van der Waals surface area contributed by atoms with E-state index in [9.17, 15) is 19.5 Å². The molecule has 0 atom stereocenters. The number of hydrogen-bond acceptors (Lipinski definition) is 6. The van der Waals surface area contributed by atoms with Crippen LogP contribution in [0.3, 0.4) is 0 Å². The van der Waals surface area contributed by atoms with Crippen LogP contribution in [-0.2, 0) is 16.0 Å². The normalized spacial score (nSPS) is 15.5. The van der Waals surface area contributed by atoms with Gasteiger partial charge in [0.05, 0.1) is 13.2 Å². The van der Waals surface area contributed by atoms with Gasteiger partial charge in [-0.25, -0.2) is 0 Å². The summed E-state index contributed by atoms with van der Waals surface area (Å²) in [4.78, 5) is 41.1. The molecular weight excluding hydrogens is 400 g/mol. The second-order valence-electron chi connectivity index (χ2n) is 8.34. The Bertz CT molecular complexity index is 734. The lowest BCUT2D eigenvalue weighted by molar-refractivity contribution is -0.146. The van der Waals surface area contributed by atoms with Crippen molar-refractivity contribution in [3.05, 3.63) is 35.4 Å². The molecule has 31 heavy (non-hydrogen) atoms. The fourth-order valence-electron chi connectivity index (χ4n) is 3.99. The maximum Gasteiger partial charge on any atom is 0.235 e. The molecule has 0 unspecified atom stereocenters. The van der Waals surface area contributed by atoms with E-state index in [2.05, 4.69) is 0 Å². The molecule has 2 amide bonds. The van der Waals surface area contributed by atoms with Crippen LogP contribution in [0.4, 0.5) is 0 Å². The second kappa shape index (κ2) is 11.4. The molecule has 0 aromatic heterocycles. The Balaban J connectivity index is 2.18. The third-order valence-corrected chi connectivity index (χ3v) is 5.98. The number of hydrogen-bond donors (Lipinski definition) is 3. The molecule has 0 bridgehead atoms. The number of Topliss-reactive ketones (excluding diaryl/α,β-unsaturated/α-hetero) is 1. The van der Waals surface area contributed by atoms with Gasteiger partial charge in [0.2, 0.25) is 11.8 Å². The summed E-state index contributed by atoms with van der Waals surface area (Å²) in [6.45, 7) is -0.207. The van der Waals surface area contributed by atoms with Crippen LogP contribution < -0.4 is 0 Å². The summed E-state index contributed by atoms with van der Waals surface area (Å²) in [5, 5.41) is 28.9. The zero-order chi connectivity index (χ0) is 23.0. The minimum atomic E-state index is -1.31. The molecule has 0 spiro atoms. The number of nitrogens with zero attached hydrogens (tertiary/aromatic N) is 2. The predicted octanol–water partition coefficient (Wildman–Crippen LogP) is 0.625.